The van der Waals surface area contributed by atoms with Crippen LogP contribution in [0.3, 0.4) is 0 Å². The molecule has 0 aliphatic heterocycles. The molecule has 0 unspecified atom stereocenters. The Kier molecular flexibility index (Phi) is 7.85. The SMILES string of the molecule is CCCCc1ccc(S(=O)(=O)Nc2ccc(S(=O)(=O)NNC(=O)c3ccccc3)cc2)cc1. The molecule has 3 aromatic carbocycles. The van der Waals surface area contributed by atoms with E-state index in [-0.39, 0.29) is 15.5 Å². The Morgan fingerprint density at radius 3 is 1.94 bits per heavy atom. The first-order valence-corrected chi connectivity index (χ1v) is 13.3. The third-order valence-electron chi connectivity index (χ3n) is 4.80. The zero-order chi connectivity index (χ0) is 23.9. The van der Waals surface area contributed by atoms with E-state index in [1.165, 1.54) is 24.3 Å². The minimum absolute atomic E-state index is 0.115. The lowest BCUT2D eigenvalue weighted by Crippen LogP contribution is -2.41. The van der Waals surface area contributed by atoms with Crippen LogP contribution in [0, 0.1) is 0 Å². The molecule has 0 aromatic heterocycles. The van der Waals surface area contributed by atoms with Gasteiger partial charge in [0, 0.05) is 11.3 Å². The third kappa shape index (κ3) is 6.64. The van der Waals surface area contributed by atoms with Crippen LogP contribution in [-0.2, 0) is 26.5 Å². The van der Waals surface area contributed by atoms with Crippen LogP contribution in [-0.4, -0.2) is 22.7 Å². The topological polar surface area (TPSA) is 121 Å². The van der Waals surface area contributed by atoms with Crippen molar-refractivity contribution in [3.05, 3.63) is 90.0 Å². The second-order valence-corrected chi connectivity index (χ2v) is 10.7. The molecule has 0 aliphatic rings. The lowest BCUT2D eigenvalue weighted by Gasteiger charge is -2.11. The lowest BCUT2D eigenvalue weighted by molar-refractivity contribution is 0.0945. The van der Waals surface area contributed by atoms with E-state index >= 15 is 0 Å². The molecule has 0 saturated carbocycles. The lowest BCUT2D eigenvalue weighted by atomic mass is 10.1. The van der Waals surface area contributed by atoms with Crippen molar-refractivity contribution in [1.82, 2.24) is 10.3 Å². The standard InChI is InChI=1S/C23H25N3O5S2/c1-2-3-7-18-10-14-21(15-11-18)32(28,29)25-20-12-16-22(17-13-20)33(30,31)26-24-23(27)19-8-5-4-6-9-19/h4-6,8-17,25-26H,2-3,7H2,1H3,(H,24,27). The molecular formula is C23H25N3O5S2. The normalized spacial score (nSPS) is 11.7. The predicted molar refractivity (Wildman–Crippen MR) is 127 cm³/mol. The Morgan fingerprint density at radius 1 is 0.758 bits per heavy atom. The van der Waals surface area contributed by atoms with Gasteiger partial charge in [-0.15, -0.1) is 4.83 Å². The van der Waals surface area contributed by atoms with Crippen LogP contribution in [0.1, 0.15) is 35.7 Å². The number of hydrogen-bond acceptors (Lipinski definition) is 5. The number of rotatable bonds is 10. The summed E-state index contributed by atoms with van der Waals surface area (Å²) in [5.74, 6) is -0.607. The van der Waals surface area contributed by atoms with Gasteiger partial charge in [-0.25, -0.2) is 16.8 Å². The van der Waals surface area contributed by atoms with Crippen LogP contribution in [0.4, 0.5) is 5.69 Å². The number of carbonyl (C=O) groups is 1. The van der Waals surface area contributed by atoms with Crippen molar-refractivity contribution in [2.45, 2.75) is 36.0 Å². The van der Waals surface area contributed by atoms with Crippen molar-refractivity contribution in [3.8, 4) is 0 Å². The molecule has 33 heavy (non-hydrogen) atoms. The summed E-state index contributed by atoms with van der Waals surface area (Å²) in [6.45, 7) is 2.09. The zero-order valence-electron chi connectivity index (χ0n) is 18.0. The number of amides is 1. The van der Waals surface area contributed by atoms with E-state index in [9.17, 15) is 21.6 Å². The highest BCUT2D eigenvalue weighted by atomic mass is 32.2. The molecule has 10 heteroatoms. The zero-order valence-corrected chi connectivity index (χ0v) is 19.6. The smallest absolute Gasteiger partial charge is 0.266 e. The minimum Gasteiger partial charge on any atom is -0.280 e. The Bertz CT molecular complexity index is 1290. The molecule has 0 spiro atoms. The Morgan fingerprint density at radius 2 is 1.33 bits per heavy atom. The maximum Gasteiger partial charge on any atom is 0.266 e. The Labute approximate surface area is 194 Å². The van der Waals surface area contributed by atoms with E-state index in [0.717, 1.165) is 24.8 Å². The number of carbonyl (C=O) groups excluding carboxylic acids is 1. The van der Waals surface area contributed by atoms with Crippen molar-refractivity contribution in [3.63, 3.8) is 0 Å². The van der Waals surface area contributed by atoms with Gasteiger partial charge in [0.2, 0.25) is 0 Å². The van der Waals surface area contributed by atoms with Crippen molar-refractivity contribution in [2.75, 3.05) is 4.72 Å². The van der Waals surface area contributed by atoms with E-state index in [4.69, 9.17) is 0 Å². The van der Waals surface area contributed by atoms with Gasteiger partial charge in [-0.3, -0.25) is 14.9 Å². The van der Waals surface area contributed by atoms with Gasteiger partial charge in [-0.2, -0.15) is 0 Å². The monoisotopic (exact) mass is 487 g/mol. The van der Waals surface area contributed by atoms with Crippen molar-refractivity contribution < 1.29 is 21.6 Å². The molecule has 8 nitrogen and oxygen atoms in total. The fourth-order valence-corrected chi connectivity index (χ4v) is 4.86. The first kappa shape index (κ1) is 24.4. The fourth-order valence-electron chi connectivity index (χ4n) is 2.97. The highest BCUT2D eigenvalue weighted by molar-refractivity contribution is 7.92. The average Bonchev–Trinajstić information content (AvgIpc) is 2.82. The highest BCUT2D eigenvalue weighted by Gasteiger charge is 2.18. The van der Waals surface area contributed by atoms with Crippen LogP contribution in [0.2, 0.25) is 0 Å². The van der Waals surface area contributed by atoms with E-state index in [1.807, 2.05) is 4.83 Å². The molecular weight excluding hydrogens is 462 g/mol. The second-order valence-electron chi connectivity index (χ2n) is 7.30. The maximum absolute atomic E-state index is 12.6. The molecule has 3 rings (SSSR count). The largest absolute Gasteiger partial charge is 0.280 e. The van der Waals surface area contributed by atoms with Crippen molar-refractivity contribution in [1.29, 1.82) is 0 Å². The van der Waals surface area contributed by atoms with E-state index in [2.05, 4.69) is 17.1 Å². The van der Waals surface area contributed by atoms with Crippen LogP contribution in [0.5, 0.6) is 0 Å². The van der Waals surface area contributed by atoms with Gasteiger partial charge < -0.3 is 0 Å². The van der Waals surface area contributed by atoms with Crippen molar-refractivity contribution in [2.24, 2.45) is 0 Å². The molecule has 0 saturated heterocycles. The van der Waals surface area contributed by atoms with E-state index in [1.54, 1.807) is 54.6 Å². The number of anilines is 1. The molecule has 3 aromatic rings. The van der Waals surface area contributed by atoms with E-state index < -0.39 is 26.0 Å². The van der Waals surface area contributed by atoms with Gasteiger partial charge in [0.1, 0.15) is 0 Å². The minimum atomic E-state index is -4.05. The molecule has 0 bridgehead atoms. The quantitative estimate of drug-likeness (QED) is 0.378. The van der Waals surface area contributed by atoms with Gasteiger partial charge in [-0.1, -0.05) is 43.7 Å². The first-order valence-electron chi connectivity index (χ1n) is 10.3. The number of sulfonamides is 2. The number of unbranched alkanes of at least 4 members (excludes halogenated alkanes) is 1. The summed E-state index contributed by atoms with van der Waals surface area (Å²) in [5.41, 5.74) is 3.71. The summed E-state index contributed by atoms with van der Waals surface area (Å²) in [4.78, 5) is 14.0. The van der Waals surface area contributed by atoms with Crippen LogP contribution < -0.4 is 15.0 Å². The molecule has 0 fully saturated rings. The van der Waals surface area contributed by atoms with Crippen LogP contribution in [0.15, 0.2) is 88.7 Å². The van der Waals surface area contributed by atoms with Crippen LogP contribution >= 0.6 is 0 Å². The van der Waals surface area contributed by atoms with E-state index in [0.29, 0.717) is 5.56 Å². The molecule has 1 amide bonds. The van der Waals surface area contributed by atoms with Crippen LogP contribution in [0.25, 0.3) is 0 Å². The summed E-state index contributed by atoms with van der Waals surface area (Å²) >= 11 is 0. The number of nitrogens with one attached hydrogen (secondary N) is 3. The summed E-state index contributed by atoms with van der Waals surface area (Å²) in [6.07, 6.45) is 2.98. The first-order chi connectivity index (χ1) is 15.7. The molecule has 174 valence electrons. The van der Waals surface area contributed by atoms with Gasteiger partial charge in [0.05, 0.1) is 9.79 Å². The number of hydrazine groups is 1. The number of hydrogen-bond donors (Lipinski definition) is 3. The third-order valence-corrected chi connectivity index (χ3v) is 7.47. The van der Waals surface area contributed by atoms with Gasteiger partial charge in [0.25, 0.3) is 26.0 Å². The molecule has 0 radical (unpaired) electrons. The summed E-state index contributed by atoms with van der Waals surface area (Å²) in [6, 6.07) is 20.0. The molecule has 0 heterocycles. The van der Waals surface area contributed by atoms with Gasteiger partial charge in [-0.05, 0) is 66.9 Å². The summed E-state index contributed by atoms with van der Waals surface area (Å²) in [7, 11) is -7.87. The van der Waals surface area contributed by atoms with Crippen molar-refractivity contribution >= 4 is 31.6 Å². The number of aryl methyl sites for hydroxylation is 1. The predicted octanol–water partition coefficient (Wildman–Crippen LogP) is 3.45. The fraction of sp³-hybridized carbons (Fsp3) is 0.174. The Hall–Kier alpha value is -3.21. The summed E-state index contributed by atoms with van der Waals surface area (Å²) in [5, 5.41) is 0. The molecule has 0 aliphatic carbocycles. The van der Waals surface area contributed by atoms with Gasteiger partial charge >= 0.3 is 0 Å². The van der Waals surface area contributed by atoms with Gasteiger partial charge in [0.15, 0.2) is 0 Å². The molecule has 0 atom stereocenters. The maximum atomic E-state index is 12.6. The second kappa shape index (κ2) is 10.6. The average molecular weight is 488 g/mol. The molecule has 3 N–H and O–H groups in total. The Balaban J connectivity index is 1.64. The number of benzene rings is 3. The summed E-state index contributed by atoms with van der Waals surface area (Å²) < 4.78 is 52.6. The highest BCUT2D eigenvalue weighted by Crippen LogP contribution is 2.19.